The first-order valence-corrected chi connectivity index (χ1v) is 11.3. The smallest absolute Gasteiger partial charge is 0.230 e. The van der Waals surface area contributed by atoms with E-state index in [0.717, 1.165) is 35.0 Å². The maximum atomic E-state index is 12.6. The summed E-state index contributed by atoms with van der Waals surface area (Å²) in [6, 6.07) is 11.9. The third kappa shape index (κ3) is 5.44. The number of fused-ring (bicyclic) bond motifs is 1. The topological polar surface area (TPSA) is 72.5 Å². The number of imidazole rings is 1. The molecule has 1 aromatic carbocycles. The van der Waals surface area contributed by atoms with Crippen LogP contribution < -0.4 is 5.32 Å². The van der Waals surface area contributed by atoms with Crippen LogP contribution in [0.3, 0.4) is 0 Å². The molecule has 7 nitrogen and oxygen atoms in total. The van der Waals surface area contributed by atoms with Crippen LogP contribution in [-0.4, -0.2) is 59.5 Å². The van der Waals surface area contributed by atoms with Crippen molar-refractivity contribution >= 4 is 28.7 Å². The molecule has 162 valence electrons. The number of nitrogens with zero attached hydrogens (tertiary/aromatic N) is 3. The van der Waals surface area contributed by atoms with Crippen LogP contribution in [0, 0.1) is 0 Å². The van der Waals surface area contributed by atoms with Crippen molar-refractivity contribution in [2.45, 2.75) is 31.6 Å². The molecule has 3 rings (SSSR count). The number of hydrogen-bond donors (Lipinski definition) is 1. The molecule has 2 aromatic heterocycles. The molecule has 0 bridgehead atoms. The van der Waals surface area contributed by atoms with E-state index in [1.807, 2.05) is 36.4 Å². The van der Waals surface area contributed by atoms with E-state index in [1.54, 1.807) is 13.4 Å². The van der Waals surface area contributed by atoms with Gasteiger partial charge in [0.05, 0.1) is 35.7 Å². The Hall–Kier alpha value is -2.29. The number of carbonyl (C=O) groups excluding carboxylic acids is 1. The molecule has 0 aliphatic heterocycles. The SMILES string of the molecule is CCN(CC)[C@@H](CNC(=O)CSc1nc2ccccc2n1CCOC)c1ccco1. The van der Waals surface area contributed by atoms with Gasteiger partial charge in [-0.15, -0.1) is 0 Å². The summed E-state index contributed by atoms with van der Waals surface area (Å²) in [4.78, 5) is 19.6. The van der Waals surface area contributed by atoms with Crippen molar-refractivity contribution in [2.75, 3.05) is 39.1 Å². The number of rotatable bonds is 12. The predicted molar refractivity (Wildman–Crippen MR) is 120 cm³/mol. The molecule has 0 spiro atoms. The first kappa shape index (κ1) is 22.4. The van der Waals surface area contributed by atoms with Gasteiger partial charge < -0.3 is 19.0 Å². The maximum absolute atomic E-state index is 12.6. The normalized spacial score (nSPS) is 12.5. The fraction of sp³-hybridized carbons (Fsp3) is 0.455. The molecular weight excluding hydrogens is 400 g/mol. The molecule has 30 heavy (non-hydrogen) atoms. The molecule has 0 saturated heterocycles. The first-order chi connectivity index (χ1) is 14.7. The summed E-state index contributed by atoms with van der Waals surface area (Å²) >= 11 is 1.45. The Balaban J connectivity index is 1.62. The number of methoxy groups -OCH3 is 1. The lowest BCUT2D eigenvalue weighted by atomic mass is 10.2. The molecule has 0 radical (unpaired) electrons. The van der Waals surface area contributed by atoms with Crippen LogP contribution in [0.5, 0.6) is 0 Å². The lowest BCUT2D eigenvalue weighted by molar-refractivity contribution is -0.118. The average molecular weight is 431 g/mol. The van der Waals surface area contributed by atoms with Gasteiger partial charge in [0.1, 0.15) is 5.76 Å². The van der Waals surface area contributed by atoms with Crippen LogP contribution in [0.1, 0.15) is 25.6 Å². The van der Waals surface area contributed by atoms with Gasteiger partial charge in [0.2, 0.25) is 5.91 Å². The van der Waals surface area contributed by atoms with Crippen LogP contribution in [0.2, 0.25) is 0 Å². The van der Waals surface area contributed by atoms with Crippen molar-refractivity contribution in [3.63, 3.8) is 0 Å². The van der Waals surface area contributed by atoms with Gasteiger partial charge >= 0.3 is 0 Å². The fourth-order valence-corrected chi connectivity index (χ4v) is 4.38. The summed E-state index contributed by atoms with van der Waals surface area (Å²) in [6.45, 7) is 7.79. The quantitative estimate of drug-likeness (QED) is 0.443. The van der Waals surface area contributed by atoms with Crippen molar-refractivity contribution in [2.24, 2.45) is 0 Å². The van der Waals surface area contributed by atoms with Gasteiger partial charge in [-0.1, -0.05) is 37.7 Å². The van der Waals surface area contributed by atoms with Crippen LogP contribution in [0.4, 0.5) is 0 Å². The fourth-order valence-electron chi connectivity index (χ4n) is 3.51. The standard InChI is InChI=1S/C22H30N4O3S/c1-4-25(5-2)19(20-11-8-13-29-20)15-23-21(27)16-30-22-24-17-9-6-7-10-18(17)26(22)12-14-28-3/h6-11,13,19H,4-5,12,14-16H2,1-3H3,(H,23,27)/t19-/m0/s1. The van der Waals surface area contributed by atoms with Crippen LogP contribution in [0.15, 0.2) is 52.2 Å². The van der Waals surface area contributed by atoms with Gasteiger partial charge in [-0.25, -0.2) is 4.98 Å². The van der Waals surface area contributed by atoms with E-state index in [0.29, 0.717) is 25.4 Å². The van der Waals surface area contributed by atoms with Gasteiger partial charge in [0.25, 0.3) is 0 Å². The summed E-state index contributed by atoms with van der Waals surface area (Å²) in [6.07, 6.45) is 1.67. The zero-order valence-corrected chi connectivity index (χ0v) is 18.7. The predicted octanol–water partition coefficient (Wildman–Crippen LogP) is 3.57. The highest BCUT2D eigenvalue weighted by Crippen LogP contribution is 2.24. The number of nitrogens with one attached hydrogen (secondary N) is 1. The lowest BCUT2D eigenvalue weighted by Gasteiger charge is -2.28. The van der Waals surface area contributed by atoms with Crippen molar-refractivity contribution in [3.8, 4) is 0 Å². The van der Waals surface area contributed by atoms with E-state index in [-0.39, 0.29) is 11.9 Å². The molecule has 0 aliphatic rings. The number of amides is 1. The van der Waals surface area contributed by atoms with Gasteiger partial charge in [-0.3, -0.25) is 9.69 Å². The van der Waals surface area contributed by atoms with Crippen molar-refractivity contribution in [3.05, 3.63) is 48.4 Å². The lowest BCUT2D eigenvalue weighted by Crippen LogP contribution is -2.38. The van der Waals surface area contributed by atoms with E-state index in [2.05, 4.69) is 28.6 Å². The second-order valence-corrected chi connectivity index (χ2v) is 7.82. The summed E-state index contributed by atoms with van der Waals surface area (Å²) < 4.78 is 13.0. The molecule has 1 N–H and O–H groups in total. The second-order valence-electron chi connectivity index (χ2n) is 6.87. The number of carbonyl (C=O) groups is 1. The Labute approximate surface area is 181 Å². The Bertz CT molecular complexity index is 922. The summed E-state index contributed by atoms with van der Waals surface area (Å²) in [5.74, 6) is 1.15. The van der Waals surface area contributed by atoms with Crippen molar-refractivity contribution in [1.29, 1.82) is 0 Å². The van der Waals surface area contributed by atoms with Crippen LogP contribution >= 0.6 is 11.8 Å². The Morgan fingerprint density at radius 3 is 2.77 bits per heavy atom. The number of aromatic nitrogens is 2. The summed E-state index contributed by atoms with van der Waals surface area (Å²) in [5, 5.41) is 3.89. The van der Waals surface area contributed by atoms with Crippen molar-refractivity contribution < 1.29 is 13.9 Å². The molecule has 0 saturated carbocycles. The second kappa shape index (κ2) is 11.2. The minimum absolute atomic E-state index is 0.0194. The molecule has 0 aliphatic carbocycles. The van der Waals surface area contributed by atoms with E-state index in [9.17, 15) is 4.79 Å². The Morgan fingerprint density at radius 1 is 1.27 bits per heavy atom. The number of furan rings is 1. The van der Waals surface area contributed by atoms with E-state index in [1.165, 1.54) is 11.8 Å². The van der Waals surface area contributed by atoms with Gasteiger partial charge in [-0.2, -0.15) is 0 Å². The third-order valence-corrected chi connectivity index (χ3v) is 6.06. The van der Waals surface area contributed by atoms with E-state index < -0.39 is 0 Å². The number of hydrogen-bond acceptors (Lipinski definition) is 6. The van der Waals surface area contributed by atoms with Gasteiger partial charge in [-0.05, 0) is 37.4 Å². The summed E-state index contributed by atoms with van der Waals surface area (Å²) in [7, 11) is 1.69. The molecule has 3 aromatic rings. The molecule has 0 unspecified atom stereocenters. The zero-order valence-electron chi connectivity index (χ0n) is 17.8. The molecule has 1 atom stereocenters. The molecule has 0 fully saturated rings. The largest absolute Gasteiger partial charge is 0.468 e. The summed E-state index contributed by atoms with van der Waals surface area (Å²) in [5.41, 5.74) is 1.98. The number of para-hydroxylation sites is 2. The number of likely N-dealkylation sites (N-methyl/N-ethyl adjacent to an activating group) is 1. The van der Waals surface area contributed by atoms with Crippen LogP contribution in [0.25, 0.3) is 11.0 Å². The Kier molecular flexibility index (Phi) is 8.36. The highest BCUT2D eigenvalue weighted by atomic mass is 32.2. The monoisotopic (exact) mass is 430 g/mol. The number of thioether (sulfide) groups is 1. The minimum Gasteiger partial charge on any atom is -0.468 e. The molecule has 1 amide bonds. The highest BCUT2D eigenvalue weighted by molar-refractivity contribution is 7.99. The zero-order chi connectivity index (χ0) is 21.3. The van der Waals surface area contributed by atoms with Crippen molar-refractivity contribution in [1.82, 2.24) is 19.8 Å². The van der Waals surface area contributed by atoms with E-state index >= 15 is 0 Å². The molecular formula is C22H30N4O3S. The van der Waals surface area contributed by atoms with Gasteiger partial charge in [0, 0.05) is 20.2 Å². The first-order valence-electron chi connectivity index (χ1n) is 10.3. The highest BCUT2D eigenvalue weighted by Gasteiger charge is 2.21. The van der Waals surface area contributed by atoms with E-state index in [4.69, 9.17) is 14.1 Å². The number of ether oxygens (including phenoxy) is 1. The minimum atomic E-state index is -0.0194. The van der Waals surface area contributed by atoms with Gasteiger partial charge in [0.15, 0.2) is 5.16 Å². The molecule has 8 heteroatoms. The Morgan fingerprint density at radius 2 is 2.07 bits per heavy atom. The van der Waals surface area contributed by atoms with Crippen LogP contribution in [-0.2, 0) is 16.1 Å². The molecule has 2 heterocycles. The third-order valence-electron chi connectivity index (χ3n) is 5.09. The number of benzene rings is 1. The average Bonchev–Trinajstić information content (AvgIpc) is 3.41. The maximum Gasteiger partial charge on any atom is 0.230 e.